The minimum atomic E-state index is -0.904. The van der Waals surface area contributed by atoms with Crippen LogP contribution < -0.4 is 0 Å². The zero-order valence-corrected chi connectivity index (χ0v) is 19.8. The van der Waals surface area contributed by atoms with Gasteiger partial charge in [-0.25, -0.2) is 0 Å². The predicted octanol–water partition coefficient (Wildman–Crippen LogP) is 3.88. The largest absolute Gasteiger partial charge is 0.469 e. The third kappa shape index (κ3) is 7.31. The molecular weight excluding hydrogens is 396 g/mol. The molecule has 0 aromatic carbocycles. The minimum absolute atomic E-state index is 0.0882. The van der Waals surface area contributed by atoms with Crippen LogP contribution in [0.3, 0.4) is 0 Å². The summed E-state index contributed by atoms with van der Waals surface area (Å²) in [4.78, 5) is 23.9. The van der Waals surface area contributed by atoms with Gasteiger partial charge in [0, 0.05) is 5.92 Å². The molecule has 0 aliphatic heterocycles. The molecule has 1 fully saturated rings. The summed E-state index contributed by atoms with van der Waals surface area (Å²) in [6.07, 6.45) is 7.07. The first kappa shape index (κ1) is 25.9. The van der Waals surface area contributed by atoms with Crippen molar-refractivity contribution in [3.8, 4) is 0 Å². The summed E-state index contributed by atoms with van der Waals surface area (Å²) in [5.74, 6) is 1.13. The molecule has 2 rings (SSSR count). The summed E-state index contributed by atoms with van der Waals surface area (Å²) in [5.41, 5.74) is 0. The molecule has 0 radical (unpaired) electrons. The molecule has 0 amide bonds. The predicted molar refractivity (Wildman–Crippen MR) is 119 cm³/mol. The third-order valence-electron chi connectivity index (χ3n) is 7.35. The van der Waals surface area contributed by atoms with Gasteiger partial charge in [0.1, 0.15) is 6.10 Å². The SMILES string of the molecule is CC[C@H](C)C(=O)O[C@H]1C[C@H](C)C[C@@H]2C=C[C@H](C)[C@H](CC[C@H](O)C[C@@H](O)CC(=O)OC)[C@@H]12. The van der Waals surface area contributed by atoms with Crippen LogP contribution in [0.1, 0.15) is 72.6 Å². The highest BCUT2D eigenvalue weighted by molar-refractivity contribution is 5.72. The zero-order chi connectivity index (χ0) is 23.1. The lowest BCUT2D eigenvalue weighted by atomic mass is 9.60. The number of carbonyl (C=O) groups is 2. The van der Waals surface area contributed by atoms with Crippen LogP contribution in [-0.2, 0) is 19.1 Å². The number of ether oxygens (including phenoxy) is 2. The van der Waals surface area contributed by atoms with E-state index in [9.17, 15) is 19.8 Å². The van der Waals surface area contributed by atoms with Gasteiger partial charge in [0.05, 0.1) is 31.7 Å². The number of rotatable bonds is 10. The van der Waals surface area contributed by atoms with Crippen LogP contribution in [0, 0.1) is 35.5 Å². The van der Waals surface area contributed by atoms with Crippen LogP contribution in [0.4, 0.5) is 0 Å². The molecule has 0 bridgehead atoms. The van der Waals surface area contributed by atoms with Gasteiger partial charge in [0.2, 0.25) is 0 Å². The van der Waals surface area contributed by atoms with E-state index < -0.39 is 18.2 Å². The Labute approximate surface area is 187 Å². The number of methoxy groups -OCH3 is 1. The zero-order valence-electron chi connectivity index (χ0n) is 19.8. The van der Waals surface area contributed by atoms with Gasteiger partial charge < -0.3 is 19.7 Å². The van der Waals surface area contributed by atoms with E-state index in [4.69, 9.17) is 4.74 Å². The molecule has 2 aliphatic rings. The van der Waals surface area contributed by atoms with E-state index in [1.54, 1.807) is 0 Å². The maximum atomic E-state index is 12.6. The van der Waals surface area contributed by atoms with Gasteiger partial charge in [-0.15, -0.1) is 0 Å². The molecule has 6 heteroatoms. The van der Waals surface area contributed by atoms with Gasteiger partial charge in [0.15, 0.2) is 0 Å². The van der Waals surface area contributed by atoms with Crippen LogP contribution in [0.15, 0.2) is 12.2 Å². The molecule has 31 heavy (non-hydrogen) atoms. The Hall–Kier alpha value is -1.40. The number of aliphatic hydroxyl groups excluding tert-OH is 2. The molecule has 0 unspecified atom stereocenters. The van der Waals surface area contributed by atoms with E-state index in [2.05, 4.69) is 30.7 Å². The summed E-state index contributed by atoms with van der Waals surface area (Å²) >= 11 is 0. The van der Waals surface area contributed by atoms with Crippen molar-refractivity contribution in [3.05, 3.63) is 12.2 Å². The number of aliphatic hydroxyl groups is 2. The van der Waals surface area contributed by atoms with E-state index in [1.165, 1.54) is 7.11 Å². The van der Waals surface area contributed by atoms with Gasteiger partial charge in [-0.3, -0.25) is 9.59 Å². The maximum absolute atomic E-state index is 12.6. The first-order chi connectivity index (χ1) is 14.7. The normalized spacial score (nSPS) is 33.1. The van der Waals surface area contributed by atoms with Crippen LogP contribution in [-0.4, -0.2) is 47.6 Å². The van der Waals surface area contributed by atoms with Crippen LogP contribution in [0.5, 0.6) is 0 Å². The van der Waals surface area contributed by atoms with Crippen molar-refractivity contribution in [1.29, 1.82) is 0 Å². The molecule has 2 N–H and O–H groups in total. The highest BCUT2D eigenvalue weighted by Gasteiger charge is 2.45. The van der Waals surface area contributed by atoms with E-state index in [-0.39, 0.29) is 36.8 Å². The van der Waals surface area contributed by atoms with Crippen LogP contribution >= 0.6 is 0 Å². The number of esters is 2. The molecule has 178 valence electrons. The van der Waals surface area contributed by atoms with Crippen molar-refractivity contribution in [2.24, 2.45) is 35.5 Å². The number of carbonyl (C=O) groups excluding carboxylic acids is 2. The first-order valence-electron chi connectivity index (χ1n) is 12.0. The van der Waals surface area contributed by atoms with E-state index in [0.717, 1.165) is 25.7 Å². The summed E-state index contributed by atoms with van der Waals surface area (Å²) < 4.78 is 10.6. The molecular formula is C25H42O6. The second-order valence-electron chi connectivity index (χ2n) is 9.91. The molecule has 0 saturated heterocycles. The lowest BCUT2D eigenvalue weighted by Crippen LogP contribution is -2.46. The number of hydrogen-bond acceptors (Lipinski definition) is 6. The summed E-state index contributed by atoms with van der Waals surface area (Å²) in [6.45, 7) is 8.35. The Morgan fingerprint density at radius 3 is 2.48 bits per heavy atom. The Bertz CT molecular complexity index is 617. The Balaban J connectivity index is 2.04. The summed E-state index contributed by atoms with van der Waals surface area (Å²) in [5, 5.41) is 20.5. The Kier molecular flexibility index (Phi) is 10.0. The summed E-state index contributed by atoms with van der Waals surface area (Å²) in [7, 11) is 1.29. The second kappa shape index (κ2) is 12.0. The third-order valence-corrected chi connectivity index (χ3v) is 7.35. The van der Waals surface area contributed by atoms with Crippen molar-refractivity contribution in [1.82, 2.24) is 0 Å². The van der Waals surface area contributed by atoms with E-state index >= 15 is 0 Å². The van der Waals surface area contributed by atoms with Gasteiger partial charge in [-0.05, 0) is 62.2 Å². The average Bonchev–Trinajstić information content (AvgIpc) is 2.72. The van der Waals surface area contributed by atoms with Crippen molar-refractivity contribution < 1.29 is 29.3 Å². The van der Waals surface area contributed by atoms with Gasteiger partial charge in [-0.2, -0.15) is 0 Å². The minimum Gasteiger partial charge on any atom is -0.469 e. The van der Waals surface area contributed by atoms with Gasteiger partial charge in [0.25, 0.3) is 0 Å². The first-order valence-corrected chi connectivity index (χ1v) is 12.0. The molecule has 0 aromatic heterocycles. The van der Waals surface area contributed by atoms with Gasteiger partial charge in [-0.1, -0.05) is 39.8 Å². The fourth-order valence-corrected chi connectivity index (χ4v) is 5.35. The molecule has 1 saturated carbocycles. The molecule has 2 aliphatic carbocycles. The molecule has 0 spiro atoms. The van der Waals surface area contributed by atoms with Crippen molar-refractivity contribution >= 4 is 11.9 Å². The van der Waals surface area contributed by atoms with Crippen LogP contribution in [0.25, 0.3) is 0 Å². The highest BCUT2D eigenvalue weighted by atomic mass is 16.5. The van der Waals surface area contributed by atoms with E-state index in [1.807, 2.05) is 13.8 Å². The molecule has 9 atom stereocenters. The van der Waals surface area contributed by atoms with E-state index in [0.29, 0.717) is 30.1 Å². The topological polar surface area (TPSA) is 93.1 Å². The smallest absolute Gasteiger partial charge is 0.308 e. The molecule has 6 nitrogen and oxygen atoms in total. The lowest BCUT2D eigenvalue weighted by Gasteiger charge is -2.47. The average molecular weight is 439 g/mol. The van der Waals surface area contributed by atoms with Crippen LogP contribution in [0.2, 0.25) is 0 Å². The summed E-state index contributed by atoms with van der Waals surface area (Å²) in [6, 6.07) is 0. The van der Waals surface area contributed by atoms with Gasteiger partial charge >= 0.3 is 11.9 Å². The maximum Gasteiger partial charge on any atom is 0.308 e. The number of fused-ring (bicyclic) bond motifs is 1. The monoisotopic (exact) mass is 438 g/mol. The lowest BCUT2D eigenvalue weighted by molar-refractivity contribution is -0.164. The van der Waals surface area contributed by atoms with Crippen molar-refractivity contribution in [2.75, 3.05) is 7.11 Å². The quantitative estimate of drug-likeness (QED) is 0.397. The Morgan fingerprint density at radius 1 is 1.13 bits per heavy atom. The highest BCUT2D eigenvalue weighted by Crippen LogP contribution is 2.47. The van der Waals surface area contributed by atoms with Crippen molar-refractivity contribution in [3.63, 3.8) is 0 Å². The van der Waals surface area contributed by atoms with Crippen molar-refractivity contribution in [2.45, 2.75) is 91.0 Å². The molecule has 0 heterocycles. The second-order valence-corrected chi connectivity index (χ2v) is 9.91. The fourth-order valence-electron chi connectivity index (χ4n) is 5.35. The number of hydrogen-bond donors (Lipinski definition) is 2. The number of allylic oxidation sites excluding steroid dienone is 2. The Morgan fingerprint density at radius 2 is 1.84 bits per heavy atom. The standard InChI is InChI=1S/C25H42O6/c1-6-16(3)25(29)31-22-12-15(2)11-18-8-7-17(4)21(24(18)22)10-9-19(26)13-20(27)14-23(28)30-5/h7-8,15-22,24,26-27H,6,9-14H2,1-5H3/t15-,16+,17+,18+,19+,20-,21+,22+,24+/m1/s1. The fraction of sp³-hybridized carbons (Fsp3) is 0.840. The molecule has 0 aromatic rings.